The van der Waals surface area contributed by atoms with Crippen molar-refractivity contribution >= 4 is 33.7 Å². The molecule has 2 aromatic heterocycles. The molecule has 2 aromatic carbocycles. The minimum Gasteiger partial charge on any atom is -0.497 e. The predicted octanol–water partition coefficient (Wildman–Crippen LogP) is 3.07. The van der Waals surface area contributed by atoms with Gasteiger partial charge in [-0.2, -0.15) is 0 Å². The number of rotatable bonds is 4. The molecule has 142 valence electrons. The third kappa shape index (κ3) is 2.96. The molecule has 8 nitrogen and oxygen atoms in total. The fraction of sp³-hybridized carbons (Fsp3) is 0.158. The quantitative estimate of drug-likeness (QED) is 0.560. The van der Waals surface area contributed by atoms with Crippen molar-refractivity contribution in [3.8, 4) is 11.5 Å². The van der Waals surface area contributed by atoms with Crippen molar-refractivity contribution in [3.05, 3.63) is 52.2 Å². The number of H-pyrrole nitrogens is 1. The predicted molar refractivity (Wildman–Crippen MR) is 103 cm³/mol. The SMILES string of the molecule is COc1cc(OC)c2nc(Nc3nc4c(F)cccc4c(=O)[nH]3)nc(C)c2c1. The van der Waals surface area contributed by atoms with Crippen LogP contribution in [0.3, 0.4) is 0 Å². The summed E-state index contributed by atoms with van der Waals surface area (Å²) in [7, 11) is 3.09. The van der Waals surface area contributed by atoms with E-state index in [9.17, 15) is 9.18 Å². The van der Waals surface area contributed by atoms with Crippen LogP contribution in [0.4, 0.5) is 16.3 Å². The highest BCUT2D eigenvalue weighted by atomic mass is 19.1. The monoisotopic (exact) mass is 381 g/mol. The number of aryl methyl sites for hydroxylation is 1. The standard InChI is InChI=1S/C19H16FN5O3/c1-9-12-7-10(27-2)8-14(28-3)16(12)23-18(21-9)25-19-22-15-11(17(26)24-19)5-4-6-13(15)20/h4-8H,1-3H3,(H2,21,22,23,24,25,26). The largest absolute Gasteiger partial charge is 0.497 e. The van der Waals surface area contributed by atoms with E-state index in [0.29, 0.717) is 22.7 Å². The number of methoxy groups -OCH3 is 2. The van der Waals surface area contributed by atoms with Crippen molar-refractivity contribution in [1.82, 2.24) is 19.9 Å². The zero-order chi connectivity index (χ0) is 19.8. The lowest BCUT2D eigenvalue weighted by atomic mass is 10.1. The molecular weight excluding hydrogens is 365 g/mol. The lowest BCUT2D eigenvalue weighted by molar-refractivity contribution is 0.397. The van der Waals surface area contributed by atoms with Gasteiger partial charge in [0, 0.05) is 11.5 Å². The molecule has 0 amide bonds. The topological polar surface area (TPSA) is 102 Å². The third-order valence-electron chi connectivity index (χ3n) is 4.30. The van der Waals surface area contributed by atoms with Crippen LogP contribution >= 0.6 is 0 Å². The molecule has 28 heavy (non-hydrogen) atoms. The van der Waals surface area contributed by atoms with E-state index in [0.717, 1.165) is 5.39 Å². The molecule has 2 heterocycles. The Morgan fingerprint density at radius 3 is 2.61 bits per heavy atom. The van der Waals surface area contributed by atoms with Gasteiger partial charge in [-0.1, -0.05) is 6.07 Å². The molecule has 9 heteroatoms. The Bertz CT molecular complexity index is 1270. The summed E-state index contributed by atoms with van der Waals surface area (Å²) in [6, 6.07) is 7.72. The van der Waals surface area contributed by atoms with Gasteiger partial charge in [0.1, 0.15) is 28.3 Å². The van der Waals surface area contributed by atoms with E-state index in [1.807, 2.05) is 13.0 Å². The van der Waals surface area contributed by atoms with Gasteiger partial charge in [0.15, 0.2) is 0 Å². The fourth-order valence-electron chi connectivity index (χ4n) is 2.94. The first-order chi connectivity index (χ1) is 13.5. The average molecular weight is 381 g/mol. The van der Waals surface area contributed by atoms with E-state index < -0.39 is 11.4 Å². The number of para-hydroxylation sites is 1. The van der Waals surface area contributed by atoms with E-state index in [2.05, 4.69) is 25.3 Å². The van der Waals surface area contributed by atoms with Crippen LogP contribution in [-0.4, -0.2) is 34.2 Å². The molecule has 0 radical (unpaired) electrons. The summed E-state index contributed by atoms with van der Waals surface area (Å²) in [5, 5.41) is 3.75. The van der Waals surface area contributed by atoms with E-state index >= 15 is 0 Å². The van der Waals surface area contributed by atoms with Crippen LogP contribution < -0.4 is 20.3 Å². The van der Waals surface area contributed by atoms with Crippen molar-refractivity contribution in [1.29, 1.82) is 0 Å². The maximum Gasteiger partial charge on any atom is 0.260 e. The van der Waals surface area contributed by atoms with Crippen molar-refractivity contribution < 1.29 is 13.9 Å². The van der Waals surface area contributed by atoms with Crippen molar-refractivity contribution in [2.45, 2.75) is 6.92 Å². The molecule has 0 atom stereocenters. The lowest BCUT2D eigenvalue weighted by Crippen LogP contribution is -2.13. The van der Waals surface area contributed by atoms with Crippen LogP contribution in [0.1, 0.15) is 5.69 Å². The minimum absolute atomic E-state index is 0.0337. The number of ether oxygens (including phenoxy) is 2. The van der Waals surface area contributed by atoms with E-state index in [4.69, 9.17) is 9.47 Å². The molecule has 0 fully saturated rings. The maximum atomic E-state index is 14.0. The third-order valence-corrected chi connectivity index (χ3v) is 4.30. The molecular formula is C19H16FN5O3. The van der Waals surface area contributed by atoms with Gasteiger partial charge in [-0.15, -0.1) is 0 Å². The van der Waals surface area contributed by atoms with Gasteiger partial charge < -0.3 is 9.47 Å². The summed E-state index contributed by atoms with van der Waals surface area (Å²) < 4.78 is 24.7. The number of anilines is 2. The zero-order valence-electron chi connectivity index (χ0n) is 15.3. The van der Waals surface area contributed by atoms with Gasteiger partial charge in [0.05, 0.1) is 25.3 Å². The normalized spacial score (nSPS) is 11.0. The second-order valence-electron chi connectivity index (χ2n) is 6.03. The number of fused-ring (bicyclic) bond motifs is 2. The van der Waals surface area contributed by atoms with Crippen molar-refractivity contribution in [2.24, 2.45) is 0 Å². The Hall–Kier alpha value is -3.75. The summed E-state index contributed by atoms with van der Waals surface area (Å²) in [5.74, 6) is 0.763. The van der Waals surface area contributed by atoms with Gasteiger partial charge in [-0.05, 0) is 25.1 Å². The number of halogens is 1. The number of aromatic amines is 1. The molecule has 2 N–H and O–H groups in total. The number of hydrogen-bond acceptors (Lipinski definition) is 7. The average Bonchev–Trinajstić information content (AvgIpc) is 2.68. The summed E-state index contributed by atoms with van der Waals surface area (Å²) >= 11 is 0. The Morgan fingerprint density at radius 1 is 1.04 bits per heavy atom. The molecule has 0 aliphatic carbocycles. The highest BCUT2D eigenvalue weighted by molar-refractivity contribution is 5.89. The number of nitrogens with one attached hydrogen (secondary N) is 2. The molecule has 0 spiro atoms. The van der Waals surface area contributed by atoms with Gasteiger partial charge >= 0.3 is 0 Å². The second-order valence-corrected chi connectivity index (χ2v) is 6.03. The first-order valence-electron chi connectivity index (χ1n) is 8.36. The van der Waals surface area contributed by atoms with Crippen molar-refractivity contribution in [2.75, 3.05) is 19.5 Å². The number of nitrogens with zero attached hydrogens (tertiary/aromatic N) is 3. The van der Waals surface area contributed by atoms with Crippen LogP contribution in [0.2, 0.25) is 0 Å². The molecule has 0 unspecified atom stereocenters. The van der Waals surface area contributed by atoms with Crippen LogP contribution in [-0.2, 0) is 0 Å². The number of benzene rings is 2. The smallest absolute Gasteiger partial charge is 0.260 e. The summed E-state index contributed by atoms with van der Waals surface area (Å²) in [5.41, 5.74) is 0.729. The van der Waals surface area contributed by atoms with E-state index in [1.165, 1.54) is 25.3 Å². The Kier molecular flexibility index (Phi) is 4.26. The Morgan fingerprint density at radius 2 is 1.86 bits per heavy atom. The second kappa shape index (κ2) is 6.76. The van der Waals surface area contributed by atoms with Crippen LogP contribution in [0.5, 0.6) is 11.5 Å². The molecule has 0 aliphatic rings. The molecule has 0 bridgehead atoms. The summed E-state index contributed by atoms with van der Waals surface area (Å²) in [6.07, 6.45) is 0. The van der Waals surface area contributed by atoms with Gasteiger partial charge in [0.2, 0.25) is 11.9 Å². The van der Waals surface area contributed by atoms with Crippen LogP contribution in [0.25, 0.3) is 21.8 Å². The van der Waals surface area contributed by atoms with Gasteiger partial charge in [0.25, 0.3) is 5.56 Å². The first kappa shape index (κ1) is 17.7. The molecule has 0 aliphatic heterocycles. The molecule has 0 saturated heterocycles. The summed E-state index contributed by atoms with van der Waals surface area (Å²) in [4.78, 5) is 27.8. The maximum absolute atomic E-state index is 14.0. The Labute approximate surface area is 158 Å². The van der Waals surface area contributed by atoms with Crippen molar-refractivity contribution in [3.63, 3.8) is 0 Å². The fourth-order valence-corrected chi connectivity index (χ4v) is 2.94. The van der Waals surface area contributed by atoms with E-state index in [1.54, 1.807) is 13.2 Å². The number of hydrogen-bond donors (Lipinski definition) is 2. The highest BCUT2D eigenvalue weighted by Gasteiger charge is 2.14. The minimum atomic E-state index is -0.587. The van der Waals surface area contributed by atoms with E-state index in [-0.39, 0.29) is 22.8 Å². The Balaban J connectivity index is 1.83. The number of aromatic nitrogens is 4. The van der Waals surface area contributed by atoms with Gasteiger partial charge in [-0.3, -0.25) is 15.1 Å². The highest BCUT2D eigenvalue weighted by Crippen LogP contribution is 2.32. The zero-order valence-corrected chi connectivity index (χ0v) is 15.3. The molecule has 4 aromatic rings. The lowest BCUT2D eigenvalue weighted by Gasteiger charge is -2.12. The molecule has 0 saturated carbocycles. The molecule has 4 rings (SSSR count). The van der Waals surface area contributed by atoms with Crippen LogP contribution in [0, 0.1) is 12.7 Å². The van der Waals surface area contributed by atoms with Crippen LogP contribution in [0.15, 0.2) is 35.1 Å². The first-order valence-corrected chi connectivity index (χ1v) is 8.36. The van der Waals surface area contributed by atoms with Gasteiger partial charge in [-0.25, -0.2) is 19.3 Å². The summed E-state index contributed by atoms with van der Waals surface area (Å²) in [6.45, 7) is 1.81.